The highest BCUT2D eigenvalue weighted by molar-refractivity contribution is 6.16. The number of para-hydroxylation sites is 1. The van der Waals surface area contributed by atoms with Crippen molar-refractivity contribution >= 4 is 16.7 Å². The number of alkyl halides is 15. The van der Waals surface area contributed by atoms with Crippen molar-refractivity contribution in [2.45, 2.75) is 55.2 Å². The van der Waals surface area contributed by atoms with Crippen molar-refractivity contribution in [3.05, 3.63) is 95.6 Å². The van der Waals surface area contributed by atoms with Crippen LogP contribution in [0.1, 0.15) is 21.5 Å². The average molecular weight is 693 g/mol. The molecule has 17 heteroatoms. The molecule has 0 aliphatic rings. The molecular weight excluding hydrogens is 675 g/mol. The van der Waals surface area contributed by atoms with Gasteiger partial charge in [-0.1, -0.05) is 78.4 Å². The molecule has 0 spiro atoms. The van der Waals surface area contributed by atoms with E-state index in [1.54, 1.807) is 31.2 Å². The lowest BCUT2D eigenvalue weighted by Gasteiger charge is -2.41. The van der Waals surface area contributed by atoms with Crippen molar-refractivity contribution in [3.8, 4) is 11.3 Å². The zero-order valence-corrected chi connectivity index (χ0v) is 23.2. The lowest BCUT2D eigenvalue weighted by molar-refractivity contribution is -0.449. The van der Waals surface area contributed by atoms with E-state index in [2.05, 4.69) is 0 Å². The molecule has 0 unspecified atom stereocenters. The van der Waals surface area contributed by atoms with Gasteiger partial charge >= 0.3 is 41.7 Å². The Balaban J connectivity index is 1.96. The maximum Gasteiger partial charge on any atom is 0.460 e. The molecule has 0 fully saturated rings. The van der Waals surface area contributed by atoms with Crippen molar-refractivity contribution < 1.29 is 70.7 Å². The van der Waals surface area contributed by atoms with E-state index in [0.29, 0.717) is 5.56 Å². The number of hydrogen-bond donors (Lipinski definition) is 0. The van der Waals surface area contributed by atoms with Gasteiger partial charge in [0.1, 0.15) is 0 Å². The van der Waals surface area contributed by atoms with Crippen molar-refractivity contribution in [2.24, 2.45) is 0 Å². The molecule has 0 amide bonds. The van der Waals surface area contributed by atoms with Crippen molar-refractivity contribution in [2.75, 3.05) is 0 Å². The molecule has 0 radical (unpaired) electrons. The van der Waals surface area contributed by atoms with Gasteiger partial charge in [0.05, 0.1) is 11.3 Å². The monoisotopic (exact) mass is 693 g/mol. The fourth-order valence-electron chi connectivity index (χ4n) is 4.74. The Labute approximate surface area is 254 Å². The Hall–Kier alpha value is -4.18. The van der Waals surface area contributed by atoms with Crippen LogP contribution in [0.4, 0.5) is 65.9 Å². The normalized spacial score (nSPS) is 14.1. The molecule has 47 heavy (non-hydrogen) atoms. The summed E-state index contributed by atoms with van der Waals surface area (Å²) in [4.78, 5) is 13.3. The average Bonchev–Trinajstić information content (AvgIpc) is 3.30. The Morgan fingerprint density at radius 2 is 1.04 bits per heavy atom. The van der Waals surface area contributed by atoms with Gasteiger partial charge in [0, 0.05) is 17.4 Å². The summed E-state index contributed by atoms with van der Waals surface area (Å²) >= 11 is 0. The predicted molar refractivity (Wildman–Crippen MR) is 138 cm³/mol. The standard InChI is InChI=1S/C30H18F15NO/c1-16-11-13-17(14-12-16)15-46-20-10-6-5-9-19(20)21(22(46)18-7-3-2-4-8-18)23(47)24(31,32)25(33,34)26(35,36)27(37,38)28(39,40)29(41,42)30(43,44)45/h2-14H,15H2,1H3. The molecule has 4 rings (SSSR count). The number of benzene rings is 3. The molecule has 3 aromatic carbocycles. The van der Waals surface area contributed by atoms with Gasteiger partial charge in [0.25, 0.3) is 0 Å². The van der Waals surface area contributed by atoms with E-state index >= 15 is 8.78 Å². The number of fused-ring (bicyclic) bond motifs is 1. The maximum atomic E-state index is 15.4. The molecule has 0 saturated heterocycles. The number of Topliss-reactive ketones (excluding diaryl/α,β-unsaturated/α-hetero) is 1. The first-order valence-electron chi connectivity index (χ1n) is 13.0. The molecule has 4 aromatic rings. The second kappa shape index (κ2) is 11.2. The molecule has 0 atom stereocenters. The van der Waals surface area contributed by atoms with Crippen LogP contribution in [0.15, 0.2) is 78.9 Å². The summed E-state index contributed by atoms with van der Waals surface area (Å²) < 4.78 is 210. The van der Waals surface area contributed by atoms with Crippen LogP contribution in [0.25, 0.3) is 22.2 Å². The van der Waals surface area contributed by atoms with Gasteiger partial charge in [0.2, 0.25) is 5.78 Å². The van der Waals surface area contributed by atoms with Crippen LogP contribution in [0.3, 0.4) is 0 Å². The van der Waals surface area contributed by atoms with Crippen LogP contribution in [-0.4, -0.2) is 52.1 Å². The Kier molecular flexibility index (Phi) is 8.51. The second-order valence-electron chi connectivity index (χ2n) is 10.5. The Morgan fingerprint density at radius 1 is 0.574 bits per heavy atom. The van der Waals surface area contributed by atoms with Crippen LogP contribution >= 0.6 is 0 Å². The maximum absolute atomic E-state index is 15.4. The van der Waals surface area contributed by atoms with Gasteiger partial charge in [-0.15, -0.1) is 0 Å². The Morgan fingerprint density at radius 3 is 1.57 bits per heavy atom. The van der Waals surface area contributed by atoms with E-state index in [-0.39, 0.29) is 17.6 Å². The van der Waals surface area contributed by atoms with Gasteiger partial charge in [-0.05, 0) is 24.1 Å². The predicted octanol–water partition coefficient (Wildman–Crippen LogP) is 10.2. The molecule has 254 valence electrons. The fourth-order valence-corrected chi connectivity index (χ4v) is 4.74. The summed E-state index contributed by atoms with van der Waals surface area (Å²) in [5, 5.41) is -0.636. The molecule has 0 aliphatic heterocycles. The van der Waals surface area contributed by atoms with Crippen LogP contribution in [0.2, 0.25) is 0 Å². The number of ketones is 1. The van der Waals surface area contributed by atoms with Crippen LogP contribution < -0.4 is 0 Å². The number of carbonyl (C=O) groups excluding carboxylic acids is 1. The minimum absolute atomic E-state index is 0.164. The van der Waals surface area contributed by atoms with E-state index in [1.165, 1.54) is 30.3 Å². The highest BCUT2D eigenvalue weighted by atomic mass is 19.4. The summed E-state index contributed by atoms with van der Waals surface area (Å²) in [5.74, 6) is -51.9. The molecular formula is C30H18F15NO. The van der Waals surface area contributed by atoms with Crippen LogP contribution in [-0.2, 0) is 6.54 Å². The van der Waals surface area contributed by atoms with Gasteiger partial charge < -0.3 is 4.57 Å². The second-order valence-corrected chi connectivity index (χ2v) is 10.5. The third kappa shape index (κ3) is 5.21. The fraction of sp³-hybridized carbons (Fsp3) is 0.300. The first kappa shape index (κ1) is 35.7. The SMILES string of the molecule is Cc1ccc(Cn2c(-c3ccccc3)c(C(=O)C(F)(F)C(F)(F)C(F)(F)C(F)(F)C(F)(F)C(F)(F)C(F)(F)F)c3ccccc32)cc1. The van der Waals surface area contributed by atoms with Gasteiger partial charge in [-0.25, -0.2) is 0 Å². The van der Waals surface area contributed by atoms with E-state index < -0.39 is 64.1 Å². The topological polar surface area (TPSA) is 22.0 Å². The smallest absolute Gasteiger partial charge is 0.335 e. The number of halogens is 15. The highest BCUT2D eigenvalue weighted by Crippen LogP contribution is 2.62. The van der Waals surface area contributed by atoms with E-state index in [1.807, 2.05) is 0 Å². The van der Waals surface area contributed by atoms with E-state index in [9.17, 15) is 61.9 Å². The van der Waals surface area contributed by atoms with Gasteiger partial charge in [0.15, 0.2) is 0 Å². The first-order chi connectivity index (χ1) is 21.4. The van der Waals surface area contributed by atoms with Crippen molar-refractivity contribution in [3.63, 3.8) is 0 Å². The molecule has 0 N–H and O–H groups in total. The number of aryl methyl sites for hydroxylation is 1. The summed E-state index contributed by atoms with van der Waals surface area (Å²) in [7, 11) is 0. The molecule has 2 nitrogen and oxygen atoms in total. The summed E-state index contributed by atoms with van der Waals surface area (Å²) in [6, 6.07) is 17.0. The number of hydrogen-bond acceptors (Lipinski definition) is 1. The third-order valence-electron chi connectivity index (χ3n) is 7.32. The summed E-state index contributed by atoms with van der Waals surface area (Å²) in [6.45, 7) is 1.41. The van der Waals surface area contributed by atoms with E-state index in [0.717, 1.165) is 34.4 Å². The number of carbonyl (C=O) groups is 1. The molecule has 1 heterocycles. The third-order valence-corrected chi connectivity index (χ3v) is 7.32. The zero-order valence-electron chi connectivity index (χ0n) is 23.2. The molecule has 1 aromatic heterocycles. The lowest BCUT2D eigenvalue weighted by Crippen LogP contribution is -2.73. The van der Waals surface area contributed by atoms with Crippen molar-refractivity contribution in [1.82, 2.24) is 4.57 Å². The van der Waals surface area contributed by atoms with Crippen molar-refractivity contribution in [1.29, 1.82) is 0 Å². The number of aromatic nitrogens is 1. The zero-order chi connectivity index (χ0) is 35.6. The summed E-state index contributed by atoms with van der Waals surface area (Å²) in [5.41, 5.74) is -1.31. The Bertz CT molecular complexity index is 1770. The van der Waals surface area contributed by atoms with Crippen LogP contribution in [0, 0.1) is 6.92 Å². The minimum Gasteiger partial charge on any atom is -0.335 e. The molecule has 0 aliphatic carbocycles. The molecule has 0 saturated carbocycles. The largest absolute Gasteiger partial charge is 0.460 e. The molecule has 0 bridgehead atoms. The summed E-state index contributed by atoms with van der Waals surface area (Å²) in [6.07, 6.45) is -7.73. The number of rotatable bonds is 10. The minimum atomic E-state index is -8.51. The van der Waals surface area contributed by atoms with Crippen LogP contribution in [0.5, 0.6) is 0 Å². The number of nitrogens with zero attached hydrogens (tertiary/aromatic N) is 1. The van der Waals surface area contributed by atoms with Gasteiger partial charge in [-0.2, -0.15) is 65.9 Å². The van der Waals surface area contributed by atoms with Gasteiger partial charge in [-0.3, -0.25) is 4.79 Å². The highest BCUT2D eigenvalue weighted by Gasteiger charge is 2.94. The first-order valence-corrected chi connectivity index (χ1v) is 13.0. The van der Waals surface area contributed by atoms with E-state index in [4.69, 9.17) is 0 Å². The quantitative estimate of drug-likeness (QED) is 0.120. The lowest BCUT2D eigenvalue weighted by atomic mass is 9.87.